The monoisotopic (exact) mass is 329 g/mol. The minimum atomic E-state index is 0.520. The molecule has 2 aromatic heterocycles. The summed E-state index contributed by atoms with van der Waals surface area (Å²) in [6.45, 7) is 5.25. The maximum Gasteiger partial charge on any atom is 0.257 e. The first-order chi connectivity index (χ1) is 8.65. The standard InChI is InChI=1S/C12H16BrN3OS/c1-8(2)14-7-3-4-11-15-16-12(17-11)9-5-6-10(13)18-9/h5-6,8,14H,3-4,7H2,1-2H3. The Morgan fingerprint density at radius 2 is 2.22 bits per heavy atom. The van der Waals surface area contributed by atoms with Crippen LogP contribution in [0.25, 0.3) is 10.8 Å². The molecule has 0 aliphatic rings. The van der Waals surface area contributed by atoms with E-state index < -0.39 is 0 Å². The van der Waals surface area contributed by atoms with Crippen LogP contribution in [0.5, 0.6) is 0 Å². The van der Waals surface area contributed by atoms with Crippen LogP contribution < -0.4 is 5.32 Å². The van der Waals surface area contributed by atoms with Crippen molar-refractivity contribution in [3.05, 3.63) is 21.8 Å². The number of thiophene rings is 1. The third-order valence-electron chi connectivity index (χ3n) is 2.37. The number of aryl methyl sites for hydroxylation is 1. The third kappa shape index (κ3) is 3.90. The molecular formula is C12H16BrN3OS. The lowest BCUT2D eigenvalue weighted by Gasteiger charge is -2.05. The molecule has 0 amide bonds. The molecule has 0 aliphatic heterocycles. The maximum absolute atomic E-state index is 5.63. The van der Waals surface area contributed by atoms with Crippen LogP contribution in [0, 0.1) is 0 Å². The van der Waals surface area contributed by atoms with Gasteiger partial charge in [0, 0.05) is 12.5 Å². The molecule has 0 aliphatic carbocycles. The zero-order valence-corrected chi connectivity index (χ0v) is 12.8. The molecule has 2 heterocycles. The molecule has 4 nitrogen and oxygen atoms in total. The smallest absolute Gasteiger partial charge is 0.257 e. The van der Waals surface area contributed by atoms with Gasteiger partial charge in [0.2, 0.25) is 5.89 Å². The highest BCUT2D eigenvalue weighted by Gasteiger charge is 2.10. The fraction of sp³-hybridized carbons (Fsp3) is 0.500. The van der Waals surface area contributed by atoms with E-state index in [1.807, 2.05) is 12.1 Å². The Hall–Kier alpha value is -0.720. The van der Waals surface area contributed by atoms with Crippen molar-refractivity contribution in [2.24, 2.45) is 0 Å². The van der Waals surface area contributed by atoms with Crippen molar-refractivity contribution < 1.29 is 4.42 Å². The normalized spacial score (nSPS) is 11.3. The van der Waals surface area contributed by atoms with E-state index in [1.165, 1.54) is 0 Å². The van der Waals surface area contributed by atoms with Gasteiger partial charge < -0.3 is 9.73 Å². The zero-order valence-electron chi connectivity index (χ0n) is 10.4. The molecule has 0 saturated carbocycles. The molecule has 1 N–H and O–H groups in total. The second-order valence-electron chi connectivity index (χ2n) is 4.32. The summed E-state index contributed by atoms with van der Waals surface area (Å²) in [6, 6.07) is 4.48. The first-order valence-corrected chi connectivity index (χ1v) is 7.57. The lowest BCUT2D eigenvalue weighted by atomic mass is 10.3. The van der Waals surface area contributed by atoms with Gasteiger partial charge in [0.1, 0.15) is 0 Å². The fourth-order valence-electron chi connectivity index (χ4n) is 1.51. The molecule has 0 atom stereocenters. The van der Waals surface area contributed by atoms with Crippen molar-refractivity contribution in [1.29, 1.82) is 0 Å². The predicted molar refractivity (Wildman–Crippen MR) is 76.8 cm³/mol. The second-order valence-corrected chi connectivity index (χ2v) is 6.78. The van der Waals surface area contributed by atoms with Crippen LogP contribution in [-0.2, 0) is 6.42 Å². The average Bonchev–Trinajstić information content (AvgIpc) is 2.93. The lowest BCUT2D eigenvalue weighted by Crippen LogP contribution is -2.23. The topological polar surface area (TPSA) is 51.0 Å². The summed E-state index contributed by atoms with van der Waals surface area (Å²) < 4.78 is 6.70. The first-order valence-electron chi connectivity index (χ1n) is 5.96. The molecule has 2 aromatic rings. The summed E-state index contributed by atoms with van der Waals surface area (Å²) in [7, 11) is 0. The average molecular weight is 330 g/mol. The van der Waals surface area contributed by atoms with E-state index in [9.17, 15) is 0 Å². The number of halogens is 1. The predicted octanol–water partition coefficient (Wildman–Crippen LogP) is 3.49. The van der Waals surface area contributed by atoms with Gasteiger partial charge in [0.15, 0.2) is 0 Å². The molecule has 0 bridgehead atoms. The molecule has 0 fully saturated rings. The van der Waals surface area contributed by atoms with Crippen LogP contribution in [-0.4, -0.2) is 22.8 Å². The van der Waals surface area contributed by atoms with Crippen LogP contribution in [0.1, 0.15) is 26.2 Å². The van der Waals surface area contributed by atoms with Crippen LogP contribution in [0.4, 0.5) is 0 Å². The Balaban J connectivity index is 1.86. The van der Waals surface area contributed by atoms with E-state index in [4.69, 9.17) is 4.42 Å². The van der Waals surface area contributed by atoms with Crippen LogP contribution in [0.2, 0.25) is 0 Å². The Bertz CT molecular complexity index is 495. The SMILES string of the molecule is CC(C)NCCCc1nnc(-c2ccc(Br)s2)o1. The Morgan fingerprint density at radius 3 is 2.89 bits per heavy atom. The number of nitrogens with one attached hydrogen (secondary N) is 1. The number of hydrogen-bond acceptors (Lipinski definition) is 5. The van der Waals surface area contributed by atoms with E-state index in [-0.39, 0.29) is 0 Å². The first kappa shape index (κ1) is 13.7. The minimum Gasteiger partial charge on any atom is -0.420 e. The van der Waals surface area contributed by atoms with Gasteiger partial charge in [-0.1, -0.05) is 13.8 Å². The van der Waals surface area contributed by atoms with Gasteiger partial charge in [-0.2, -0.15) is 0 Å². The number of nitrogens with zero attached hydrogens (tertiary/aromatic N) is 2. The third-order valence-corrected chi connectivity index (χ3v) is 3.98. The summed E-state index contributed by atoms with van der Waals surface area (Å²) in [5, 5.41) is 11.5. The Morgan fingerprint density at radius 1 is 1.39 bits per heavy atom. The van der Waals surface area contributed by atoms with Crippen LogP contribution in [0.3, 0.4) is 0 Å². The van der Waals surface area contributed by atoms with Gasteiger partial charge >= 0.3 is 0 Å². The summed E-state index contributed by atoms with van der Waals surface area (Å²) >= 11 is 5.02. The van der Waals surface area contributed by atoms with Gasteiger partial charge in [-0.05, 0) is 41.0 Å². The molecule has 0 radical (unpaired) electrons. The highest BCUT2D eigenvalue weighted by atomic mass is 79.9. The van der Waals surface area contributed by atoms with Crippen molar-refractivity contribution in [2.45, 2.75) is 32.7 Å². The molecule has 0 saturated heterocycles. The number of rotatable bonds is 6. The van der Waals surface area contributed by atoms with Crippen LogP contribution >= 0.6 is 27.3 Å². The van der Waals surface area contributed by atoms with Crippen molar-refractivity contribution in [1.82, 2.24) is 15.5 Å². The lowest BCUT2D eigenvalue weighted by molar-refractivity contribution is 0.484. The van der Waals surface area contributed by atoms with E-state index in [0.29, 0.717) is 17.8 Å². The van der Waals surface area contributed by atoms with Crippen molar-refractivity contribution in [3.63, 3.8) is 0 Å². The largest absolute Gasteiger partial charge is 0.420 e. The van der Waals surface area contributed by atoms with E-state index >= 15 is 0 Å². The Labute approximate surface area is 119 Å². The van der Waals surface area contributed by atoms with Crippen molar-refractivity contribution in [2.75, 3.05) is 6.54 Å². The summed E-state index contributed by atoms with van der Waals surface area (Å²) in [4.78, 5) is 1.00. The number of aromatic nitrogens is 2. The van der Waals surface area contributed by atoms with Gasteiger partial charge in [0.05, 0.1) is 8.66 Å². The van der Waals surface area contributed by atoms with E-state index in [1.54, 1.807) is 11.3 Å². The van der Waals surface area contributed by atoms with E-state index in [0.717, 1.165) is 28.0 Å². The highest BCUT2D eigenvalue weighted by Crippen LogP contribution is 2.30. The molecule has 18 heavy (non-hydrogen) atoms. The van der Waals surface area contributed by atoms with Crippen molar-refractivity contribution >= 4 is 27.3 Å². The second kappa shape index (κ2) is 6.45. The summed E-state index contributed by atoms with van der Waals surface area (Å²) in [5.74, 6) is 1.32. The van der Waals surface area contributed by atoms with Crippen LogP contribution in [0.15, 0.2) is 20.3 Å². The summed E-state index contributed by atoms with van der Waals surface area (Å²) in [6.07, 6.45) is 1.83. The molecule has 0 unspecified atom stereocenters. The molecule has 6 heteroatoms. The minimum absolute atomic E-state index is 0.520. The molecule has 0 aromatic carbocycles. The maximum atomic E-state index is 5.63. The molecule has 2 rings (SSSR count). The van der Waals surface area contributed by atoms with Crippen molar-refractivity contribution in [3.8, 4) is 10.8 Å². The van der Waals surface area contributed by atoms with Gasteiger partial charge in [-0.3, -0.25) is 0 Å². The molecule has 0 spiro atoms. The van der Waals surface area contributed by atoms with Gasteiger partial charge in [0.25, 0.3) is 5.89 Å². The van der Waals surface area contributed by atoms with Gasteiger partial charge in [-0.15, -0.1) is 21.5 Å². The number of hydrogen-bond donors (Lipinski definition) is 1. The summed E-state index contributed by atoms with van der Waals surface area (Å²) in [5.41, 5.74) is 0. The zero-order chi connectivity index (χ0) is 13.0. The Kier molecular flexibility index (Phi) is 4.91. The molecular weight excluding hydrogens is 314 g/mol. The highest BCUT2D eigenvalue weighted by molar-refractivity contribution is 9.11. The van der Waals surface area contributed by atoms with E-state index in [2.05, 4.69) is 45.3 Å². The fourth-order valence-corrected chi connectivity index (χ4v) is 2.82. The van der Waals surface area contributed by atoms with Gasteiger partial charge in [-0.25, -0.2) is 0 Å². The quantitative estimate of drug-likeness (QED) is 0.824. The molecule has 98 valence electrons.